The van der Waals surface area contributed by atoms with Crippen molar-refractivity contribution in [3.05, 3.63) is 40.3 Å². The van der Waals surface area contributed by atoms with Crippen LogP contribution in [0.25, 0.3) is 10.8 Å². The zero-order valence-electron chi connectivity index (χ0n) is 14.1. The summed E-state index contributed by atoms with van der Waals surface area (Å²) in [6.45, 7) is 1.75. The highest BCUT2D eigenvalue weighted by atomic mass is 16.5. The van der Waals surface area contributed by atoms with Crippen LogP contribution in [0.15, 0.2) is 29.1 Å². The second-order valence-electron chi connectivity index (χ2n) is 6.46. The summed E-state index contributed by atoms with van der Waals surface area (Å²) in [7, 11) is 0. The van der Waals surface area contributed by atoms with Gasteiger partial charge in [0, 0.05) is 11.4 Å². The van der Waals surface area contributed by atoms with Gasteiger partial charge in [-0.15, -0.1) is 0 Å². The molecule has 1 heterocycles. The Kier molecular flexibility index (Phi) is 5.11. The van der Waals surface area contributed by atoms with Gasteiger partial charge in [-0.1, -0.05) is 38.0 Å². The lowest BCUT2D eigenvalue weighted by molar-refractivity contribution is -0.125. The number of aromatic nitrogens is 2. The Hall–Kier alpha value is -2.70. The fraction of sp³-hybridized carbons (Fsp3) is 0.444. The van der Waals surface area contributed by atoms with E-state index in [4.69, 9.17) is 4.74 Å². The molecule has 0 spiro atoms. The summed E-state index contributed by atoms with van der Waals surface area (Å²) in [6, 6.07) is 6.76. The zero-order valence-corrected chi connectivity index (χ0v) is 14.1. The number of esters is 1. The molecule has 1 amide bonds. The van der Waals surface area contributed by atoms with E-state index in [2.05, 4.69) is 22.4 Å². The lowest BCUT2D eigenvalue weighted by Crippen LogP contribution is -2.42. The number of ether oxygens (including phenoxy) is 1. The summed E-state index contributed by atoms with van der Waals surface area (Å²) < 4.78 is 5.08. The van der Waals surface area contributed by atoms with Crippen molar-refractivity contribution in [2.24, 2.45) is 5.92 Å². The molecule has 0 saturated heterocycles. The van der Waals surface area contributed by atoms with Gasteiger partial charge in [-0.3, -0.25) is 9.59 Å². The molecule has 1 saturated carbocycles. The van der Waals surface area contributed by atoms with Crippen LogP contribution in [0.4, 0.5) is 0 Å². The number of rotatable bonds is 4. The molecule has 25 heavy (non-hydrogen) atoms. The Bertz CT molecular complexity index is 846. The molecule has 7 heteroatoms. The van der Waals surface area contributed by atoms with Crippen molar-refractivity contribution in [3.8, 4) is 0 Å². The van der Waals surface area contributed by atoms with E-state index in [0.717, 1.165) is 19.3 Å². The highest BCUT2D eigenvalue weighted by Crippen LogP contribution is 2.23. The molecule has 1 aromatic heterocycles. The number of hydrogen-bond acceptors (Lipinski definition) is 5. The van der Waals surface area contributed by atoms with Crippen molar-refractivity contribution in [2.75, 3.05) is 6.61 Å². The maximum Gasteiger partial charge on any atom is 0.359 e. The van der Waals surface area contributed by atoms with Crippen LogP contribution >= 0.6 is 0 Å². The largest absolute Gasteiger partial charge is 0.451 e. The number of nitrogens with zero attached hydrogens (tertiary/aromatic N) is 1. The first kappa shape index (κ1) is 17.1. The summed E-state index contributed by atoms with van der Waals surface area (Å²) in [4.78, 5) is 36.0. The lowest BCUT2D eigenvalue weighted by atomic mass is 9.86. The fourth-order valence-electron chi connectivity index (χ4n) is 3.25. The Morgan fingerprint density at radius 2 is 1.96 bits per heavy atom. The van der Waals surface area contributed by atoms with Gasteiger partial charge in [-0.25, -0.2) is 9.89 Å². The van der Waals surface area contributed by atoms with Crippen LogP contribution in [0, 0.1) is 5.92 Å². The van der Waals surface area contributed by atoms with Gasteiger partial charge < -0.3 is 10.1 Å². The average molecular weight is 343 g/mol. The van der Waals surface area contributed by atoms with Crippen LogP contribution in [0.3, 0.4) is 0 Å². The van der Waals surface area contributed by atoms with Crippen molar-refractivity contribution in [1.82, 2.24) is 15.5 Å². The summed E-state index contributed by atoms with van der Waals surface area (Å²) >= 11 is 0. The second-order valence-corrected chi connectivity index (χ2v) is 6.46. The third-order valence-electron chi connectivity index (χ3n) is 4.68. The molecule has 2 N–H and O–H groups in total. The smallest absolute Gasteiger partial charge is 0.359 e. The molecule has 2 aromatic rings. The molecule has 1 aliphatic carbocycles. The van der Waals surface area contributed by atoms with E-state index in [9.17, 15) is 14.4 Å². The van der Waals surface area contributed by atoms with E-state index in [-0.39, 0.29) is 29.8 Å². The number of carbonyl (C=O) groups excluding carboxylic acids is 2. The average Bonchev–Trinajstić information content (AvgIpc) is 2.62. The van der Waals surface area contributed by atoms with Crippen LogP contribution in [0.1, 0.15) is 43.1 Å². The van der Waals surface area contributed by atoms with Crippen LogP contribution in [0.2, 0.25) is 0 Å². The van der Waals surface area contributed by atoms with E-state index >= 15 is 0 Å². The molecule has 0 unspecified atom stereocenters. The SMILES string of the molecule is C[C@H]1CCCC[C@H]1NC(=O)COC(=O)c1n[nH]c(=O)c2ccccc12. The number of H-pyrrole nitrogens is 1. The molecule has 2 atom stereocenters. The number of nitrogens with one attached hydrogen (secondary N) is 2. The molecule has 1 aromatic carbocycles. The first-order valence-corrected chi connectivity index (χ1v) is 8.50. The maximum absolute atomic E-state index is 12.2. The quantitative estimate of drug-likeness (QED) is 0.824. The molecule has 3 rings (SSSR count). The van der Waals surface area contributed by atoms with Crippen molar-refractivity contribution < 1.29 is 14.3 Å². The number of amides is 1. The van der Waals surface area contributed by atoms with Crippen LogP contribution in [0.5, 0.6) is 0 Å². The minimum absolute atomic E-state index is 0.00552. The van der Waals surface area contributed by atoms with Crippen LogP contribution in [-0.4, -0.2) is 34.7 Å². The van der Waals surface area contributed by atoms with Crippen molar-refractivity contribution in [1.29, 1.82) is 0 Å². The predicted molar refractivity (Wildman–Crippen MR) is 92.2 cm³/mol. The molecule has 0 aliphatic heterocycles. The Labute approximate surface area is 144 Å². The second kappa shape index (κ2) is 7.46. The van der Waals surface area contributed by atoms with E-state index in [1.54, 1.807) is 24.3 Å². The van der Waals surface area contributed by atoms with Gasteiger partial charge in [0.05, 0.1) is 5.39 Å². The number of aromatic amines is 1. The van der Waals surface area contributed by atoms with Gasteiger partial charge in [0.25, 0.3) is 11.5 Å². The maximum atomic E-state index is 12.2. The lowest BCUT2D eigenvalue weighted by Gasteiger charge is -2.29. The topological polar surface area (TPSA) is 101 Å². The number of benzene rings is 1. The Morgan fingerprint density at radius 3 is 2.72 bits per heavy atom. The molecular formula is C18H21N3O4. The minimum Gasteiger partial charge on any atom is -0.451 e. The fourth-order valence-corrected chi connectivity index (χ4v) is 3.25. The molecule has 7 nitrogen and oxygen atoms in total. The molecule has 1 fully saturated rings. The predicted octanol–water partition coefficient (Wildman–Crippen LogP) is 1.77. The normalized spacial score (nSPS) is 20.2. The molecular weight excluding hydrogens is 322 g/mol. The van der Waals surface area contributed by atoms with Crippen LogP contribution < -0.4 is 10.9 Å². The summed E-state index contributed by atoms with van der Waals surface area (Å²) in [5.41, 5.74) is -0.384. The summed E-state index contributed by atoms with van der Waals surface area (Å²) in [6.07, 6.45) is 4.33. The Morgan fingerprint density at radius 1 is 1.24 bits per heavy atom. The number of fused-ring (bicyclic) bond motifs is 1. The van der Waals surface area contributed by atoms with E-state index < -0.39 is 5.97 Å². The van der Waals surface area contributed by atoms with Crippen LogP contribution in [-0.2, 0) is 9.53 Å². The first-order chi connectivity index (χ1) is 12.1. The summed E-state index contributed by atoms with van der Waals surface area (Å²) in [5, 5.41) is 9.72. The first-order valence-electron chi connectivity index (χ1n) is 8.50. The highest BCUT2D eigenvalue weighted by Gasteiger charge is 2.23. The van der Waals surface area contributed by atoms with E-state index in [0.29, 0.717) is 16.7 Å². The van der Waals surface area contributed by atoms with Crippen molar-refractivity contribution >= 4 is 22.6 Å². The van der Waals surface area contributed by atoms with Gasteiger partial charge in [0.15, 0.2) is 12.3 Å². The third kappa shape index (κ3) is 3.87. The van der Waals surface area contributed by atoms with Gasteiger partial charge in [0.2, 0.25) is 0 Å². The third-order valence-corrected chi connectivity index (χ3v) is 4.68. The number of hydrogen-bond donors (Lipinski definition) is 2. The van der Waals surface area contributed by atoms with Gasteiger partial charge in [-0.05, 0) is 24.8 Å². The van der Waals surface area contributed by atoms with Gasteiger partial charge in [-0.2, -0.15) is 5.10 Å². The molecule has 132 valence electrons. The molecule has 1 aliphatic rings. The van der Waals surface area contributed by atoms with Gasteiger partial charge >= 0.3 is 5.97 Å². The minimum atomic E-state index is -0.737. The Balaban J connectivity index is 1.64. The van der Waals surface area contributed by atoms with E-state index in [1.165, 1.54) is 6.42 Å². The van der Waals surface area contributed by atoms with E-state index in [1.807, 2.05) is 0 Å². The highest BCUT2D eigenvalue weighted by molar-refractivity contribution is 6.02. The molecule has 0 radical (unpaired) electrons. The van der Waals surface area contributed by atoms with Crippen molar-refractivity contribution in [3.63, 3.8) is 0 Å². The standard InChI is InChI=1S/C18H21N3O4/c1-11-6-2-5-9-14(11)19-15(22)10-25-18(24)16-12-7-3-4-8-13(12)17(23)21-20-16/h3-4,7-8,11,14H,2,5-6,9-10H2,1H3,(H,19,22)(H,21,23)/t11-,14+/m0/s1. The van der Waals surface area contributed by atoms with Crippen molar-refractivity contribution in [2.45, 2.75) is 38.6 Å². The summed E-state index contributed by atoms with van der Waals surface area (Å²) in [5.74, 6) is -0.627. The monoisotopic (exact) mass is 343 g/mol. The molecule has 0 bridgehead atoms. The number of carbonyl (C=O) groups is 2. The zero-order chi connectivity index (χ0) is 17.8. The van der Waals surface area contributed by atoms with Gasteiger partial charge in [0.1, 0.15) is 0 Å².